The van der Waals surface area contributed by atoms with E-state index in [4.69, 9.17) is 20.3 Å². The van der Waals surface area contributed by atoms with Gasteiger partial charge in [-0.1, -0.05) is 23.3 Å². The zero-order chi connectivity index (χ0) is 24.8. The van der Waals surface area contributed by atoms with Crippen LogP contribution in [0, 0.1) is 18.3 Å². The average molecular weight is 477 g/mol. The van der Waals surface area contributed by atoms with Crippen molar-refractivity contribution < 1.29 is 14.2 Å². The molecule has 4 aromatic rings. The van der Waals surface area contributed by atoms with Gasteiger partial charge in [0.1, 0.15) is 24.0 Å². The van der Waals surface area contributed by atoms with E-state index in [0.29, 0.717) is 22.8 Å². The summed E-state index contributed by atoms with van der Waals surface area (Å²) in [7, 11) is 0. The van der Waals surface area contributed by atoms with E-state index < -0.39 is 0 Å². The highest BCUT2D eigenvalue weighted by Crippen LogP contribution is 2.38. The summed E-state index contributed by atoms with van der Waals surface area (Å²) in [6.07, 6.45) is 3.71. The highest BCUT2D eigenvalue weighted by atomic mass is 16.7. The van der Waals surface area contributed by atoms with Crippen LogP contribution >= 0.6 is 0 Å². The molecular weight excluding hydrogens is 454 g/mol. The molecular formula is C27H22N7O2+. The second kappa shape index (κ2) is 8.36. The van der Waals surface area contributed by atoms with Gasteiger partial charge in [-0.2, -0.15) is 9.83 Å². The lowest BCUT2D eigenvalue weighted by molar-refractivity contribution is -0.444. The van der Waals surface area contributed by atoms with Gasteiger partial charge in [0, 0.05) is 5.56 Å². The summed E-state index contributed by atoms with van der Waals surface area (Å²) >= 11 is 0. The second-order valence-corrected chi connectivity index (χ2v) is 8.64. The van der Waals surface area contributed by atoms with E-state index in [-0.39, 0.29) is 18.5 Å². The Morgan fingerprint density at radius 1 is 1.08 bits per heavy atom. The number of ether oxygens (including phenoxy) is 2. The van der Waals surface area contributed by atoms with E-state index in [9.17, 15) is 5.26 Å². The molecule has 6 rings (SSSR count). The third-order valence-electron chi connectivity index (χ3n) is 6.30. The maximum atomic E-state index is 10.1. The molecule has 36 heavy (non-hydrogen) atoms. The number of nitrogen functional groups attached to an aromatic ring is 1. The molecule has 2 aromatic carbocycles. The number of nitriles is 1. The molecule has 1 atom stereocenters. The third kappa shape index (κ3) is 3.47. The maximum Gasteiger partial charge on any atom is 0.301 e. The number of rotatable bonds is 3. The number of nitrogens with zero attached hydrogens (tertiary/aromatic N) is 6. The summed E-state index contributed by atoms with van der Waals surface area (Å²) in [4.78, 5) is 8.99. The Hall–Kier alpha value is -4.97. The van der Waals surface area contributed by atoms with Gasteiger partial charge < -0.3 is 15.2 Å². The summed E-state index contributed by atoms with van der Waals surface area (Å²) < 4.78 is 14.8. The first kappa shape index (κ1) is 21.6. The topological polar surface area (TPSA) is 114 Å². The summed E-state index contributed by atoms with van der Waals surface area (Å²) in [5.74, 6) is 1.97. The van der Waals surface area contributed by atoms with Gasteiger partial charge in [0.2, 0.25) is 6.79 Å². The number of fused-ring (bicyclic) bond motifs is 1. The first-order valence-electron chi connectivity index (χ1n) is 11.4. The highest BCUT2D eigenvalue weighted by Gasteiger charge is 2.40. The number of anilines is 1. The zero-order valence-corrected chi connectivity index (χ0v) is 19.7. The Bertz CT molecular complexity index is 1610. The van der Waals surface area contributed by atoms with Crippen LogP contribution in [0.4, 0.5) is 11.5 Å². The number of hydrazone groups is 1. The number of aryl methyl sites for hydroxylation is 1. The minimum Gasteiger partial charge on any atom is -0.454 e. The van der Waals surface area contributed by atoms with E-state index in [0.717, 1.165) is 34.1 Å². The van der Waals surface area contributed by atoms with Gasteiger partial charge in [-0.25, -0.2) is 9.97 Å². The average Bonchev–Trinajstić information content (AvgIpc) is 3.61. The molecule has 0 fully saturated rings. The number of hydrogen-bond donors (Lipinski definition) is 1. The third-order valence-corrected chi connectivity index (χ3v) is 6.30. The van der Waals surface area contributed by atoms with E-state index in [1.54, 1.807) is 6.33 Å². The molecule has 0 aliphatic carbocycles. The Labute approximate surface area is 207 Å². The van der Waals surface area contributed by atoms with E-state index in [1.807, 2.05) is 83.9 Å². The Balaban J connectivity index is 1.57. The molecule has 176 valence electrons. The number of para-hydroxylation sites is 1. The van der Waals surface area contributed by atoms with Crippen molar-refractivity contribution in [3.8, 4) is 28.8 Å². The van der Waals surface area contributed by atoms with Gasteiger partial charge in [0.15, 0.2) is 23.5 Å². The monoisotopic (exact) mass is 476 g/mol. The van der Waals surface area contributed by atoms with Crippen molar-refractivity contribution in [1.82, 2.24) is 14.5 Å². The molecule has 1 unspecified atom stereocenters. The Morgan fingerprint density at radius 2 is 1.89 bits per heavy atom. The molecule has 0 spiro atoms. The van der Waals surface area contributed by atoms with Crippen molar-refractivity contribution in [1.29, 1.82) is 5.26 Å². The minimum absolute atomic E-state index is 0.162. The lowest BCUT2D eigenvalue weighted by atomic mass is 9.89. The zero-order valence-electron chi connectivity index (χ0n) is 19.7. The molecule has 4 heterocycles. The lowest BCUT2D eigenvalue weighted by Gasteiger charge is -2.15. The summed E-state index contributed by atoms with van der Waals surface area (Å²) in [5, 5.41) is 15.0. The van der Waals surface area contributed by atoms with Crippen molar-refractivity contribution >= 4 is 23.1 Å². The maximum absolute atomic E-state index is 10.1. The Kier molecular flexibility index (Phi) is 5.00. The smallest absolute Gasteiger partial charge is 0.301 e. The molecule has 2 aliphatic heterocycles. The van der Waals surface area contributed by atoms with Gasteiger partial charge in [-0.05, 0) is 55.8 Å². The van der Waals surface area contributed by atoms with E-state index in [1.165, 1.54) is 0 Å². The molecule has 2 aliphatic rings. The predicted molar refractivity (Wildman–Crippen MR) is 135 cm³/mol. The molecule has 0 saturated carbocycles. The second-order valence-electron chi connectivity index (χ2n) is 8.64. The summed E-state index contributed by atoms with van der Waals surface area (Å²) in [6, 6.07) is 19.7. The molecule has 9 nitrogen and oxygen atoms in total. The van der Waals surface area contributed by atoms with Crippen LogP contribution in [0.3, 0.4) is 0 Å². The van der Waals surface area contributed by atoms with Gasteiger partial charge in [0.25, 0.3) is 0 Å². The normalized spacial score (nSPS) is 16.2. The molecule has 9 heteroatoms. The van der Waals surface area contributed by atoms with Crippen molar-refractivity contribution in [2.24, 2.45) is 5.10 Å². The lowest BCUT2D eigenvalue weighted by Crippen LogP contribution is -2.27. The van der Waals surface area contributed by atoms with E-state index >= 15 is 0 Å². The number of aromatic nitrogens is 3. The predicted octanol–water partition coefficient (Wildman–Crippen LogP) is 4.20. The standard InChI is InChI=1S/C27H22N7O2/c1-16-13-33(14-30-16)27-25(17(2)32-34(27)19-6-4-3-5-7-19)20-11-22(31-26(29)21(20)12-28)18-8-9-23-24(10-18)36-15-35-23/h3-11,13-14,25H,15H2,1-2H3,(H2,29,31)/q+1. The minimum atomic E-state index is -0.355. The van der Waals surface area contributed by atoms with Crippen LogP contribution in [0.2, 0.25) is 0 Å². The van der Waals surface area contributed by atoms with Crippen LogP contribution in [0.5, 0.6) is 11.5 Å². The van der Waals surface area contributed by atoms with Crippen LogP contribution in [-0.2, 0) is 0 Å². The number of benzene rings is 2. The molecule has 0 bridgehead atoms. The summed E-state index contributed by atoms with van der Waals surface area (Å²) in [5.41, 5.74) is 11.4. The first-order valence-corrected chi connectivity index (χ1v) is 11.4. The molecule has 2 aromatic heterocycles. The van der Waals surface area contributed by atoms with Gasteiger partial charge in [-0.3, -0.25) is 0 Å². The highest BCUT2D eigenvalue weighted by molar-refractivity contribution is 6.12. The molecule has 2 N–H and O–H groups in total. The largest absolute Gasteiger partial charge is 0.454 e. The van der Waals surface area contributed by atoms with Crippen molar-refractivity contribution in [2.75, 3.05) is 12.5 Å². The van der Waals surface area contributed by atoms with Crippen LogP contribution in [0.15, 0.2) is 72.2 Å². The molecule has 0 radical (unpaired) electrons. The fraction of sp³-hybridized carbons (Fsp3) is 0.148. The SMILES string of the molecule is CC1=N[N+](c2ccccc2)=C(n2cnc(C)c2)C1c1cc(-c2ccc3c(c2)OCO3)nc(N)c1C#N. The molecule has 0 amide bonds. The number of pyridine rings is 1. The molecule has 0 saturated heterocycles. The van der Waals surface area contributed by atoms with Gasteiger partial charge >= 0.3 is 5.84 Å². The Morgan fingerprint density at radius 3 is 2.64 bits per heavy atom. The number of hydrogen-bond acceptors (Lipinski definition) is 7. The number of imidazole rings is 1. The fourth-order valence-corrected chi connectivity index (χ4v) is 4.64. The number of nitrogens with two attached hydrogens (primary N) is 1. The van der Waals surface area contributed by atoms with E-state index in [2.05, 4.69) is 16.0 Å². The summed E-state index contributed by atoms with van der Waals surface area (Å²) in [6.45, 7) is 4.07. The van der Waals surface area contributed by atoms with Crippen LogP contribution in [0.1, 0.15) is 29.7 Å². The van der Waals surface area contributed by atoms with Crippen molar-refractivity contribution in [3.63, 3.8) is 0 Å². The van der Waals surface area contributed by atoms with Crippen molar-refractivity contribution in [3.05, 3.63) is 83.9 Å². The quantitative estimate of drug-likeness (QED) is 0.443. The fourth-order valence-electron chi connectivity index (χ4n) is 4.64. The van der Waals surface area contributed by atoms with Crippen molar-refractivity contribution in [2.45, 2.75) is 19.8 Å². The van der Waals surface area contributed by atoms with Crippen LogP contribution in [-0.4, -0.2) is 37.6 Å². The van der Waals surface area contributed by atoms with Gasteiger partial charge in [0.05, 0.1) is 22.7 Å². The van der Waals surface area contributed by atoms with Gasteiger partial charge in [-0.15, -0.1) is 4.68 Å². The van der Waals surface area contributed by atoms with Crippen LogP contribution < -0.4 is 15.2 Å². The van der Waals surface area contributed by atoms with Crippen LogP contribution in [0.25, 0.3) is 11.3 Å². The first-order chi connectivity index (χ1) is 17.5.